The van der Waals surface area contributed by atoms with Crippen LogP contribution in [-0.4, -0.2) is 18.5 Å². The zero-order chi connectivity index (χ0) is 15.2. The van der Waals surface area contributed by atoms with E-state index in [0.717, 1.165) is 37.8 Å². The van der Waals surface area contributed by atoms with Gasteiger partial charge in [0, 0.05) is 18.2 Å². The number of nitrogens with one attached hydrogen (secondary N) is 1. The fourth-order valence-electron chi connectivity index (χ4n) is 3.03. The number of hydrogen-bond acceptors (Lipinski definition) is 2. The monoisotopic (exact) mass is 296 g/mol. The Kier molecular flexibility index (Phi) is 5.67. The SMILES string of the molecule is NCC(NC(=O)Cc1c(F)cccc1F)C1CCCCC1. The molecule has 1 aliphatic carbocycles. The Bertz CT molecular complexity index is 467. The molecule has 1 aromatic rings. The molecule has 1 amide bonds. The molecule has 1 saturated carbocycles. The number of rotatable bonds is 5. The van der Waals surface area contributed by atoms with Crippen LogP contribution in [0, 0.1) is 17.6 Å². The van der Waals surface area contributed by atoms with Crippen LogP contribution >= 0.6 is 0 Å². The maximum absolute atomic E-state index is 13.5. The molecule has 0 aliphatic heterocycles. The average molecular weight is 296 g/mol. The molecule has 1 fully saturated rings. The Labute approximate surface area is 123 Å². The lowest BCUT2D eigenvalue weighted by atomic mass is 9.84. The zero-order valence-electron chi connectivity index (χ0n) is 12.1. The fourth-order valence-corrected chi connectivity index (χ4v) is 3.03. The Morgan fingerprint density at radius 2 is 1.86 bits per heavy atom. The first-order valence-electron chi connectivity index (χ1n) is 7.54. The van der Waals surface area contributed by atoms with Gasteiger partial charge < -0.3 is 11.1 Å². The van der Waals surface area contributed by atoms with Crippen LogP contribution in [0.2, 0.25) is 0 Å². The summed E-state index contributed by atoms with van der Waals surface area (Å²) in [7, 11) is 0. The summed E-state index contributed by atoms with van der Waals surface area (Å²) in [6.45, 7) is 0.357. The molecule has 1 atom stereocenters. The van der Waals surface area contributed by atoms with Crippen molar-refractivity contribution in [3.05, 3.63) is 35.4 Å². The largest absolute Gasteiger partial charge is 0.352 e. The number of amides is 1. The van der Waals surface area contributed by atoms with Gasteiger partial charge in [0.05, 0.1) is 6.42 Å². The van der Waals surface area contributed by atoms with Crippen molar-refractivity contribution in [3.63, 3.8) is 0 Å². The molecule has 5 heteroatoms. The van der Waals surface area contributed by atoms with Gasteiger partial charge in [0.25, 0.3) is 0 Å². The van der Waals surface area contributed by atoms with E-state index in [2.05, 4.69) is 5.32 Å². The van der Waals surface area contributed by atoms with Crippen LogP contribution in [0.4, 0.5) is 8.78 Å². The molecule has 1 aliphatic rings. The van der Waals surface area contributed by atoms with Crippen molar-refractivity contribution in [1.82, 2.24) is 5.32 Å². The molecule has 0 radical (unpaired) electrons. The molecule has 1 aromatic carbocycles. The standard InChI is InChI=1S/C16H22F2N2O/c17-13-7-4-8-14(18)12(13)9-16(21)20-15(10-19)11-5-2-1-3-6-11/h4,7-8,11,15H,1-3,5-6,9-10,19H2,(H,20,21). The maximum atomic E-state index is 13.5. The zero-order valence-corrected chi connectivity index (χ0v) is 12.1. The van der Waals surface area contributed by atoms with Gasteiger partial charge in [-0.2, -0.15) is 0 Å². The first-order chi connectivity index (χ1) is 10.1. The fraction of sp³-hybridized carbons (Fsp3) is 0.562. The van der Waals surface area contributed by atoms with E-state index in [0.29, 0.717) is 12.5 Å². The number of hydrogen-bond donors (Lipinski definition) is 2. The van der Waals surface area contributed by atoms with Crippen LogP contribution < -0.4 is 11.1 Å². The minimum Gasteiger partial charge on any atom is -0.352 e. The number of nitrogens with two attached hydrogens (primary N) is 1. The summed E-state index contributed by atoms with van der Waals surface area (Å²) >= 11 is 0. The molecule has 0 spiro atoms. The first kappa shape index (κ1) is 15.9. The summed E-state index contributed by atoms with van der Waals surface area (Å²) in [5.74, 6) is -1.38. The second-order valence-electron chi connectivity index (χ2n) is 5.68. The summed E-state index contributed by atoms with van der Waals surface area (Å²) in [4.78, 5) is 12.0. The van der Waals surface area contributed by atoms with Gasteiger partial charge in [0.15, 0.2) is 0 Å². The highest BCUT2D eigenvalue weighted by Crippen LogP contribution is 2.26. The van der Waals surface area contributed by atoms with Crippen molar-refractivity contribution < 1.29 is 13.6 Å². The number of benzene rings is 1. The lowest BCUT2D eigenvalue weighted by molar-refractivity contribution is -0.121. The molecule has 0 bridgehead atoms. The normalized spacial score (nSPS) is 17.5. The topological polar surface area (TPSA) is 55.1 Å². The van der Waals surface area contributed by atoms with E-state index in [1.165, 1.54) is 12.5 Å². The summed E-state index contributed by atoms with van der Waals surface area (Å²) in [6.07, 6.45) is 5.34. The molecule has 2 rings (SSSR count). The number of carbonyl (C=O) groups excluding carboxylic acids is 1. The molecular formula is C16H22F2N2O. The van der Waals surface area contributed by atoms with Crippen molar-refractivity contribution in [2.75, 3.05) is 6.54 Å². The third kappa shape index (κ3) is 4.24. The lowest BCUT2D eigenvalue weighted by Crippen LogP contribution is -2.46. The molecule has 0 saturated heterocycles. The highest BCUT2D eigenvalue weighted by molar-refractivity contribution is 5.79. The highest BCUT2D eigenvalue weighted by Gasteiger charge is 2.24. The van der Waals surface area contributed by atoms with Crippen molar-refractivity contribution in [2.24, 2.45) is 11.7 Å². The van der Waals surface area contributed by atoms with Crippen LogP contribution in [0.3, 0.4) is 0 Å². The summed E-state index contributed by atoms with van der Waals surface area (Å²) < 4.78 is 27.1. The maximum Gasteiger partial charge on any atom is 0.224 e. The van der Waals surface area contributed by atoms with E-state index in [4.69, 9.17) is 5.73 Å². The molecule has 21 heavy (non-hydrogen) atoms. The number of carbonyl (C=O) groups is 1. The van der Waals surface area contributed by atoms with Crippen molar-refractivity contribution in [1.29, 1.82) is 0 Å². The Hall–Kier alpha value is -1.49. The molecule has 116 valence electrons. The minimum atomic E-state index is -0.688. The second-order valence-corrected chi connectivity index (χ2v) is 5.68. The van der Waals surface area contributed by atoms with Crippen molar-refractivity contribution in [2.45, 2.75) is 44.6 Å². The van der Waals surface area contributed by atoms with Crippen LogP contribution in [0.15, 0.2) is 18.2 Å². The van der Waals surface area contributed by atoms with E-state index >= 15 is 0 Å². The second kappa shape index (κ2) is 7.50. The molecule has 0 heterocycles. The van der Waals surface area contributed by atoms with E-state index in [9.17, 15) is 13.6 Å². The third-order valence-corrected chi connectivity index (χ3v) is 4.22. The van der Waals surface area contributed by atoms with Gasteiger partial charge in [-0.1, -0.05) is 25.3 Å². The van der Waals surface area contributed by atoms with Crippen molar-refractivity contribution in [3.8, 4) is 0 Å². The van der Waals surface area contributed by atoms with Gasteiger partial charge in [-0.3, -0.25) is 4.79 Å². The van der Waals surface area contributed by atoms with Crippen LogP contribution in [-0.2, 0) is 11.2 Å². The Morgan fingerprint density at radius 3 is 2.43 bits per heavy atom. The quantitative estimate of drug-likeness (QED) is 0.877. The minimum absolute atomic E-state index is 0.104. The highest BCUT2D eigenvalue weighted by atomic mass is 19.1. The molecule has 3 N–H and O–H groups in total. The van der Waals surface area contributed by atoms with Gasteiger partial charge in [0.2, 0.25) is 5.91 Å². The first-order valence-corrected chi connectivity index (χ1v) is 7.54. The van der Waals surface area contributed by atoms with Gasteiger partial charge in [-0.05, 0) is 30.9 Å². The summed E-state index contributed by atoms with van der Waals surface area (Å²) in [6, 6.07) is 3.50. The summed E-state index contributed by atoms with van der Waals surface area (Å²) in [5.41, 5.74) is 5.56. The van der Waals surface area contributed by atoms with Crippen LogP contribution in [0.1, 0.15) is 37.7 Å². The predicted molar refractivity (Wildman–Crippen MR) is 77.6 cm³/mol. The molecule has 0 aromatic heterocycles. The van der Waals surface area contributed by atoms with E-state index in [-0.39, 0.29) is 23.9 Å². The number of halogens is 2. The van der Waals surface area contributed by atoms with E-state index < -0.39 is 11.6 Å². The third-order valence-electron chi connectivity index (χ3n) is 4.22. The van der Waals surface area contributed by atoms with Crippen LogP contribution in [0.25, 0.3) is 0 Å². The van der Waals surface area contributed by atoms with Gasteiger partial charge in [0.1, 0.15) is 11.6 Å². The van der Waals surface area contributed by atoms with Gasteiger partial charge in [-0.15, -0.1) is 0 Å². The Balaban J connectivity index is 1.96. The molecular weight excluding hydrogens is 274 g/mol. The average Bonchev–Trinajstić information content (AvgIpc) is 2.49. The van der Waals surface area contributed by atoms with Gasteiger partial charge >= 0.3 is 0 Å². The van der Waals surface area contributed by atoms with Gasteiger partial charge in [-0.25, -0.2) is 8.78 Å². The Morgan fingerprint density at radius 1 is 1.24 bits per heavy atom. The molecule has 3 nitrogen and oxygen atoms in total. The van der Waals surface area contributed by atoms with Crippen molar-refractivity contribution >= 4 is 5.91 Å². The summed E-state index contributed by atoms with van der Waals surface area (Å²) in [5, 5.41) is 2.84. The lowest BCUT2D eigenvalue weighted by Gasteiger charge is -2.30. The predicted octanol–water partition coefficient (Wildman–Crippen LogP) is 2.53. The van der Waals surface area contributed by atoms with E-state index in [1.807, 2.05) is 0 Å². The molecule has 1 unspecified atom stereocenters. The van der Waals surface area contributed by atoms with Crippen LogP contribution in [0.5, 0.6) is 0 Å². The smallest absolute Gasteiger partial charge is 0.224 e. The van der Waals surface area contributed by atoms with E-state index in [1.54, 1.807) is 0 Å².